The zero-order valence-electron chi connectivity index (χ0n) is 16.1. The van der Waals surface area contributed by atoms with E-state index in [9.17, 15) is 5.11 Å². The lowest BCUT2D eigenvalue weighted by atomic mass is 10.1. The summed E-state index contributed by atoms with van der Waals surface area (Å²) in [6.45, 7) is 3.72. The van der Waals surface area contributed by atoms with Crippen molar-refractivity contribution in [2.45, 2.75) is 19.6 Å². The Kier molecular flexibility index (Phi) is 6.34. The van der Waals surface area contributed by atoms with E-state index in [0.29, 0.717) is 49.4 Å². The van der Waals surface area contributed by atoms with E-state index in [1.807, 2.05) is 47.4 Å². The molecule has 6 nitrogen and oxygen atoms in total. The SMILES string of the molecule is OCCN(Cc1cc(Cl)c2c(c1)OCCO2)Cc1cnn(Cc2ccccc2)c1. The van der Waals surface area contributed by atoms with Gasteiger partial charge in [0.2, 0.25) is 0 Å². The molecule has 3 aromatic rings. The van der Waals surface area contributed by atoms with E-state index in [-0.39, 0.29) is 6.61 Å². The Labute approximate surface area is 175 Å². The lowest BCUT2D eigenvalue weighted by Gasteiger charge is -2.23. The maximum Gasteiger partial charge on any atom is 0.179 e. The van der Waals surface area contributed by atoms with Crippen LogP contribution in [0.5, 0.6) is 11.5 Å². The second-order valence-corrected chi connectivity index (χ2v) is 7.48. The van der Waals surface area contributed by atoms with Gasteiger partial charge in [-0.1, -0.05) is 41.9 Å². The molecule has 7 heteroatoms. The predicted octanol–water partition coefficient (Wildman–Crippen LogP) is 3.35. The molecule has 0 radical (unpaired) electrons. The number of ether oxygens (including phenoxy) is 2. The van der Waals surface area contributed by atoms with Gasteiger partial charge in [-0.2, -0.15) is 5.10 Å². The van der Waals surface area contributed by atoms with E-state index in [1.54, 1.807) is 0 Å². The van der Waals surface area contributed by atoms with Crippen molar-refractivity contribution in [1.82, 2.24) is 14.7 Å². The quantitative estimate of drug-likeness (QED) is 0.613. The minimum Gasteiger partial charge on any atom is -0.486 e. The van der Waals surface area contributed by atoms with Crippen LogP contribution in [0, 0.1) is 0 Å². The van der Waals surface area contributed by atoms with Gasteiger partial charge < -0.3 is 14.6 Å². The summed E-state index contributed by atoms with van der Waals surface area (Å²) in [5.41, 5.74) is 3.32. The molecule has 29 heavy (non-hydrogen) atoms. The molecule has 1 N–H and O–H groups in total. The van der Waals surface area contributed by atoms with Crippen LogP contribution in [0.25, 0.3) is 0 Å². The van der Waals surface area contributed by atoms with Crippen molar-refractivity contribution in [2.24, 2.45) is 0 Å². The predicted molar refractivity (Wildman–Crippen MR) is 111 cm³/mol. The third-order valence-electron chi connectivity index (χ3n) is 4.76. The van der Waals surface area contributed by atoms with Crippen LogP contribution in [0.3, 0.4) is 0 Å². The van der Waals surface area contributed by atoms with Crippen LogP contribution in [-0.4, -0.2) is 46.2 Å². The molecule has 0 spiro atoms. The number of benzene rings is 2. The van der Waals surface area contributed by atoms with Gasteiger partial charge in [0.05, 0.1) is 24.4 Å². The van der Waals surface area contributed by atoms with Crippen LogP contribution in [-0.2, 0) is 19.6 Å². The molecule has 0 saturated carbocycles. The first-order valence-corrected chi connectivity index (χ1v) is 10.1. The van der Waals surface area contributed by atoms with Gasteiger partial charge in [0.25, 0.3) is 0 Å². The fraction of sp³-hybridized carbons (Fsp3) is 0.318. The Balaban J connectivity index is 1.44. The average Bonchev–Trinajstić information content (AvgIpc) is 3.16. The zero-order chi connectivity index (χ0) is 20.1. The highest BCUT2D eigenvalue weighted by molar-refractivity contribution is 6.32. The lowest BCUT2D eigenvalue weighted by Crippen LogP contribution is -2.26. The number of hydrogen-bond acceptors (Lipinski definition) is 5. The molecule has 2 aromatic carbocycles. The smallest absolute Gasteiger partial charge is 0.179 e. The second kappa shape index (κ2) is 9.31. The number of nitrogens with zero attached hydrogens (tertiary/aromatic N) is 3. The zero-order valence-corrected chi connectivity index (χ0v) is 16.9. The molecule has 0 aliphatic carbocycles. The van der Waals surface area contributed by atoms with Gasteiger partial charge in [-0.25, -0.2) is 0 Å². The van der Waals surface area contributed by atoms with E-state index in [4.69, 9.17) is 21.1 Å². The van der Waals surface area contributed by atoms with Gasteiger partial charge in [0.15, 0.2) is 11.5 Å². The summed E-state index contributed by atoms with van der Waals surface area (Å²) in [4.78, 5) is 2.16. The first kappa shape index (κ1) is 19.8. The Hall–Kier alpha value is -2.54. The highest BCUT2D eigenvalue weighted by atomic mass is 35.5. The monoisotopic (exact) mass is 413 g/mol. The number of aliphatic hydroxyl groups excluding tert-OH is 1. The minimum absolute atomic E-state index is 0.0798. The number of halogens is 1. The fourth-order valence-corrected chi connectivity index (χ4v) is 3.76. The third-order valence-corrected chi connectivity index (χ3v) is 5.04. The Morgan fingerprint density at radius 2 is 1.83 bits per heavy atom. The van der Waals surface area contributed by atoms with Crippen molar-refractivity contribution in [3.63, 3.8) is 0 Å². The molecule has 0 amide bonds. The summed E-state index contributed by atoms with van der Waals surface area (Å²) in [7, 11) is 0. The van der Waals surface area contributed by atoms with E-state index in [0.717, 1.165) is 17.7 Å². The Morgan fingerprint density at radius 3 is 2.66 bits per heavy atom. The molecule has 0 saturated heterocycles. The molecule has 4 rings (SSSR count). The molecule has 0 fully saturated rings. The summed E-state index contributed by atoms with van der Waals surface area (Å²) < 4.78 is 13.2. The molecular formula is C22H24ClN3O3. The van der Waals surface area contributed by atoms with Crippen LogP contribution in [0.15, 0.2) is 54.9 Å². The van der Waals surface area contributed by atoms with E-state index in [2.05, 4.69) is 22.1 Å². The van der Waals surface area contributed by atoms with E-state index in [1.165, 1.54) is 5.56 Å². The van der Waals surface area contributed by atoms with Crippen molar-refractivity contribution in [1.29, 1.82) is 0 Å². The number of fused-ring (bicyclic) bond motifs is 1. The first-order chi connectivity index (χ1) is 14.2. The van der Waals surface area contributed by atoms with Gasteiger partial charge in [0, 0.05) is 31.4 Å². The first-order valence-electron chi connectivity index (χ1n) is 9.68. The summed E-state index contributed by atoms with van der Waals surface area (Å²) in [5.74, 6) is 1.29. The summed E-state index contributed by atoms with van der Waals surface area (Å²) in [6.07, 6.45) is 3.93. The number of rotatable bonds is 8. The van der Waals surface area contributed by atoms with Gasteiger partial charge in [-0.3, -0.25) is 9.58 Å². The lowest BCUT2D eigenvalue weighted by molar-refractivity contribution is 0.169. The molecule has 0 unspecified atom stereocenters. The topological polar surface area (TPSA) is 59.8 Å². The molecule has 152 valence electrons. The van der Waals surface area contributed by atoms with Crippen LogP contribution in [0.2, 0.25) is 5.02 Å². The normalized spacial score (nSPS) is 13.1. The van der Waals surface area contributed by atoms with Crippen LogP contribution < -0.4 is 9.47 Å². The number of aromatic nitrogens is 2. The van der Waals surface area contributed by atoms with Crippen molar-refractivity contribution in [3.8, 4) is 11.5 Å². The number of aliphatic hydroxyl groups is 1. The minimum atomic E-state index is 0.0798. The highest BCUT2D eigenvalue weighted by Crippen LogP contribution is 2.38. The van der Waals surface area contributed by atoms with Crippen molar-refractivity contribution < 1.29 is 14.6 Å². The summed E-state index contributed by atoms with van der Waals surface area (Å²) in [5, 5.41) is 14.5. The standard InChI is InChI=1S/C22H24ClN3O3/c23-20-10-18(11-21-22(20)29-9-8-28-21)13-25(6-7-27)14-19-12-24-26(16-19)15-17-4-2-1-3-5-17/h1-5,10-12,16,27H,6-9,13-15H2. The fourth-order valence-electron chi connectivity index (χ4n) is 3.47. The average molecular weight is 414 g/mol. The van der Waals surface area contributed by atoms with Crippen LogP contribution in [0.1, 0.15) is 16.7 Å². The molecule has 0 atom stereocenters. The maximum absolute atomic E-state index is 9.51. The van der Waals surface area contributed by atoms with Crippen molar-refractivity contribution >= 4 is 11.6 Å². The second-order valence-electron chi connectivity index (χ2n) is 7.07. The van der Waals surface area contributed by atoms with Crippen molar-refractivity contribution in [2.75, 3.05) is 26.4 Å². The van der Waals surface area contributed by atoms with Crippen LogP contribution in [0.4, 0.5) is 0 Å². The van der Waals surface area contributed by atoms with E-state index < -0.39 is 0 Å². The highest BCUT2D eigenvalue weighted by Gasteiger charge is 2.18. The molecular weight excluding hydrogens is 390 g/mol. The molecule has 2 heterocycles. The number of hydrogen-bond donors (Lipinski definition) is 1. The molecule has 1 aromatic heterocycles. The maximum atomic E-state index is 9.51. The van der Waals surface area contributed by atoms with Gasteiger partial charge >= 0.3 is 0 Å². The largest absolute Gasteiger partial charge is 0.486 e. The van der Waals surface area contributed by atoms with Crippen LogP contribution >= 0.6 is 11.6 Å². The summed E-state index contributed by atoms with van der Waals surface area (Å²) in [6, 6.07) is 14.1. The van der Waals surface area contributed by atoms with E-state index >= 15 is 0 Å². The Morgan fingerprint density at radius 1 is 1.03 bits per heavy atom. The Bertz CT molecular complexity index is 946. The third kappa shape index (κ3) is 5.09. The van der Waals surface area contributed by atoms with Crippen molar-refractivity contribution in [3.05, 3.63) is 76.6 Å². The molecule has 1 aliphatic rings. The van der Waals surface area contributed by atoms with Gasteiger partial charge in [0.1, 0.15) is 13.2 Å². The molecule has 1 aliphatic heterocycles. The molecule has 0 bridgehead atoms. The summed E-state index contributed by atoms with van der Waals surface area (Å²) >= 11 is 6.36. The van der Waals surface area contributed by atoms with Gasteiger partial charge in [-0.05, 0) is 23.3 Å². The van der Waals surface area contributed by atoms with Gasteiger partial charge in [-0.15, -0.1) is 0 Å².